The third-order valence-corrected chi connectivity index (χ3v) is 4.32. The minimum atomic E-state index is -0.533. The largest absolute Gasteiger partial charge is 0.494 e. The zero-order valence-corrected chi connectivity index (χ0v) is 15.9. The van der Waals surface area contributed by atoms with E-state index in [0.29, 0.717) is 23.6 Å². The number of aromatic nitrogens is 2. The van der Waals surface area contributed by atoms with Crippen LogP contribution in [0.5, 0.6) is 5.75 Å². The normalized spacial score (nSPS) is 10.8. The smallest absolute Gasteiger partial charge is 0.256 e. The topological polar surface area (TPSA) is 56.1 Å². The van der Waals surface area contributed by atoms with Crippen LogP contribution in [0.15, 0.2) is 42.6 Å². The molecule has 0 bridgehead atoms. The van der Waals surface area contributed by atoms with Crippen LogP contribution < -0.4 is 10.1 Å². The maximum absolute atomic E-state index is 14.0. The first kappa shape index (κ1) is 19.5. The predicted molar refractivity (Wildman–Crippen MR) is 103 cm³/mol. The van der Waals surface area contributed by atoms with Gasteiger partial charge in [0.15, 0.2) is 0 Å². The van der Waals surface area contributed by atoms with Crippen molar-refractivity contribution in [1.82, 2.24) is 9.78 Å². The van der Waals surface area contributed by atoms with Crippen LogP contribution in [0.4, 0.5) is 14.6 Å². The Morgan fingerprint density at radius 3 is 2.64 bits per heavy atom. The molecule has 28 heavy (non-hydrogen) atoms. The van der Waals surface area contributed by atoms with Gasteiger partial charge in [-0.1, -0.05) is 0 Å². The summed E-state index contributed by atoms with van der Waals surface area (Å²) in [7, 11) is 0. The fraction of sp³-hybridized carbons (Fsp3) is 0.238. The zero-order chi connectivity index (χ0) is 20.3. The summed E-state index contributed by atoms with van der Waals surface area (Å²) in [5.74, 6) is -0.234. The lowest BCUT2D eigenvalue weighted by molar-refractivity contribution is 0.102. The fourth-order valence-electron chi connectivity index (χ4n) is 2.88. The Labute approximate surface area is 161 Å². The van der Waals surface area contributed by atoms with E-state index in [1.165, 1.54) is 4.68 Å². The van der Waals surface area contributed by atoms with Gasteiger partial charge in [-0.05, 0) is 62.7 Å². The molecule has 1 N–H and O–H groups in total. The van der Waals surface area contributed by atoms with Crippen LogP contribution in [-0.2, 0) is 6.54 Å². The molecule has 3 aromatic rings. The van der Waals surface area contributed by atoms with Crippen molar-refractivity contribution in [2.45, 2.75) is 27.3 Å². The molecule has 0 aliphatic heterocycles. The van der Waals surface area contributed by atoms with Crippen LogP contribution >= 0.6 is 0 Å². The molecule has 0 fully saturated rings. The van der Waals surface area contributed by atoms with Crippen molar-refractivity contribution in [3.8, 4) is 5.75 Å². The molecule has 0 radical (unpaired) electrons. The Kier molecular flexibility index (Phi) is 5.73. The number of rotatable bonds is 6. The number of carbonyl (C=O) groups excluding carboxylic acids is 1. The molecule has 0 unspecified atom stereocenters. The number of aryl methyl sites for hydroxylation is 2. The molecule has 1 heterocycles. The second-order valence-corrected chi connectivity index (χ2v) is 6.44. The van der Waals surface area contributed by atoms with Crippen LogP contribution in [0.25, 0.3) is 0 Å². The van der Waals surface area contributed by atoms with Gasteiger partial charge >= 0.3 is 0 Å². The Balaban J connectivity index is 1.83. The predicted octanol–water partition coefficient (Wildman–Crippen LogP) is 4.48. The van der Waals surface area contributed by atoms with E-state index in [-0.39, 0.29) is 18.0 Å². The maximum Gasteiger partial charge on any atom is 0.256 e. The Hall–Kier alpha value is -3.22. The van der Waals surface area contributed by atoms with E-state index in [2.05, 4.69) is 10.4 Å². The summed E-state index contributed by atoms with van der Waals surface area (Å²) in [5.41, 5.74) is 2.18. The number of nitrogens with one attached hydrogen (secondary N) is 1. The van der Waals surface area contributed by atoms with E-state index in [0.717, 1.165) is 29.5 Å². The highest BCUT2D eigenvalue weighted by atomic mass is 19.1. The fourth-order valence-corrected chi connectivity index (χ4v) is 2.88. The summed E-state index contributed by atoms with van der Waals surface area (Å²) < 4.78 is 34.3. The summed E-state index contributed by atoms with van der Waals surface area (Å²) in [6, 6.07) is 8.41. The summed E-state index contributed by atoms with van der Waals surface area (Å²) in [4.78, 5) is 12.7. The van der Waals surface area contributed by atoms with Crippen molar-refractivity contribution in [2.24, 2.45) is 0 Å². The number of hydrogen-bond acceptors (Lipinski definition) is 3. The summed E-state index contributed by atoms with van der Waals surface area (Å²) in [5, 5.41) is 6.99. The van der Waals surface area contributed by atoms with Gasteiger partial charge in [0.25, 0.3) is 5.91 Å². The monoisotopic (exact) mass is 385 g/mol. The highest BCUT2D eigenvalue weighted by molar-refractivity contribution is 6.04. The van der Waals surface area contributed by atoms with E-state index in [1.54, 1.807) is 31.3 Å². The molecule has 1 aromatic heterocycles. The second-order valence-electron chi connectivity index (χ2n) is 6.44. The summed E-state index contributed by atoms with van der Waals surface area (Å²) >= 11 is 0. The van der Waals surface area contributed by atoms with Crippen molar-refractivity contribution in [3.05, 3.63) is 76.5 Å². The van der Waals surface area contributed by atoms with Gasteiger partial charge in [0.2, 0.25) is 0 Å². The number of hydrogen-bond donors (Lipinski definition) is 1. The van der Waals surface area contributed by atoms with Crippen molar-refractivity contribution in [2.75, 3.05) is 11.9 Å². The second kappa shape index (κ2) is 8.21. The quantitative estimate of drug-likeness (QED) is 0.681. The highest BCUT2D eigenvalue weighted by Crippen LogP contribution is 2.22. The minimum Gasteiger partial charge on any atom is -0.494 e. The molecule has 7 heteroatoms. The molecule has 0 saturated heterocycles. The first-order valence-corrected chi connectivity index (χ1v) is 8.90. The van der Waals surface area contributed by atoms with E-state index in [9.17, 15) is 13.6 Å². The number of nitrogens with zero attached hydrogens (tertiary/aromatic N) is 2. The number of benzene rings is 2. The molecule has 3 rings (SSSR count). The molecule has 146 valence electrons. The Morgan fingerprint density at radius 2 is 1.93 bits per heavy atom. The lowest BCUT2D eigenvalue weighted by atomic mass is 10.1. The Morgan fingerprint density at radius 1 is 1.14 bits per heavy atom. The van der Waals surface area contributed by atoms with Gasteiger partial charge in [0.1, 0.15) is 23.2 Å². The first-order chi connectivity index (χ1) is 13.4. The molecule has 0 atom stereocenters. The maximum atomic E-state index is 14.0. The molecule has 1 amide bonds. The van der Waals surface area contributed by atoms with E-state index in [1.807, 2.05) is 13.8 Å². The lowest BCUT2D eigenvalue weighted by Gasteiger charge is -2.12. The molecule has 5 nitrogen and oxygen atoms in total. The van der Waals surface area contributed by atoms with Crippen LogP contribution in [-0.4, -0.2) is 22.3 Å². The van der Waals surface area contributed by atoms with Crippen LogP contribution in [0.3, 0.4) is 0 Å². The summed E-state index contributed by atoms with van der Waals surface area (Å²) in [6.07, 6.45) is 1.57. The van der Waals surface area contributed by atoms with Gasteiger partial charge in [-0.2, -0.15) is 5.10 Å². The average molecular weight is 385 g/mol. The van der Waals surface area contributed by atoms with Gasteiger partial charge in [0, 0.05) is 16.7 Å². The molecule has 0 aliphatic carbocycles. The van der Waals surface area contributed by atoms with Gasteiger partial charge < -0.3 is 10.1 Å². The van der Waals surface area contributed by atoms with E-state index < -0.39 is 11.6 Å². The lowest BCUT2D eigenvalue weighted by Crippen LogP contribution is -2.17. The molecule has 0 saturated carbocycles. The van der Waals surface area contributed by atoms with E-state index >= 15 is 0 Å². The number of carbonyl (C=O) groups is 1. The van der Waals surface area contributed by atoms with Crippen LogP contribution in [0, 0.1) is 25.5 Å². The van der Waals surface area contributed by atoms with Gasteiger partial charge in [-0.3, -0.25) is 4.79 Å². The van der Waals surface area contributed by atoms with E-state index in [4.69, 9.17) is 4.74 Å². The molecular formula is C21H21F2N3O2. The molecule has 0 aliphatic rings. The Bertz CT molecular complexity index is 1010. The highest BCUT2D eigenvalue weighted by Gasteiger charge is 2.15. The van der Waals surface area contributed by atoms with Crippen molar-refractivity contribution >= 4 is 11.7 Å². The van der Waals surface area contributed by atoms with Gasteiger partial charge in [-0.15, -0.1) is 0 Å². The number of ether oxygens (including phenoxy) is 1. The van der Waals surface area contributed by atoms with Crippen molar-refractivity contribution in [1.29, 1.82) is 0 Å². The summed E-state index contributed by atoms with van der Waals surface area (Å²) in [6.45, 7) is 6.08. The number of anilines is 1. The molecular weight excluding hydrogens is 364 g/mol. The van der Waals surface area contributed by atoms with Gasteiger partial charge in [0.05, 0.1) is 19.3 Å². The van der Waals surface area contributed by atoms with Crippen molar-refractivity contribution < 1.29 is 18.3 Å². The first-order valence-electron chi connectivity index (χ1n) is 8.90. The number of halogens is 2. The van der Waals surface area contributed by atoms with Crippen LogP contribution in [0.2, 0.25) is 0 Å². The third-order valence-electron chi connectivity index (χ3n) is 4.32. The average Bonchev–Trinajstić information content (AvgIpc) is 3.00. The van der Waals surface area contributed by atoms with Gasteiger partial charge in [-0.25, -0.2) is 13.5 Å². The molecule has 2 aromatic carbocycles. The zero-order valence-electron chi connectivity index (χ0n) is 15.9. The number of amides is 1. The standard InChI is InChI=1S/C21H21F2N3O2/c1-4-28-19-8-5-15(9-13(19)2)21(27)25-20-14(3)11-24-26(20)12-16-10-17(22)6-7-18(16)23/h5-11H,4,12H2,1-3H3,(H,25,27). The minimum absolute atomic E-state index is 0.00461. The van der Waals surface area contributed by atoms with Crippen molar-refractivity contribution in [3.63, 3.8) is 0 Å². The van der Waals surface area contributed by atoms with Crippen LogP contribution in [0.1, 0.15) is 34.0 Å². The SMILES string of the molecule is CCOc1ccc(C(=O)Nc2c(C)cnn2Cc2cc(F)ccc2F)cc1C. The molecule has 0 spiro atoms. The third kappa shape index (κ3) is 4.19.